The number of imidazole rings is 1. The molecule has 2 aromatic rings. The number of alkyl halides is 2. The second kappa shape index (κ2) is 6.39. The van der Waals surface area contributed by atoms with Gasteiger partial charge in [-0.15, -0.1) is 6.58 Å². The van der Waals surface area contributed by atoms with E-state index in [1.807, 2.05) is 11.5 Å². The molecule has 0 atom stereocenters. The second-order valence-electron chi connectivity index (χ2n) is 4.42. The van der Waals surface area contributed by atoms with E-state index in [1.54, 1.807) is 18.2 Å². The molecule has 0 saturated heterocycles. The molecule has 0 aliphatic heterocycles. The number of ether oxygens (including phenoxy) is 1. The number of halogens is 2. The highest BCUT2D eigenvalue weighted by Crippen LogP contribution is 2.28. The van der Waals surface area contributed by atoms with Crippen LogP contribution in [-0.4, -0.2) is 16.2 Å². The third kappa shape index (κ3) is 3.21. The number of nitrogens with two attached hydrogens (primary N) is 1. The Morgan fingerprint density at radius 2 is 2.05 bits per heavy atom. The molecule has 1 aromatic carbocycles. The fourth-order valence-electron chi connectivity index (χ4n) is 2.12. The lowest BCUT2D eigenvalue weighted by Crippen LogP contribution is -2.05. The summed E-state index contributed by atoms with van der Waals surface area (Å²) < 4.78 is 30.5. The lowest BCUT2D eigenvalue weighted by Gasteiger charge is -2.06. The molecule has 1 aromatic heterocycles. The maximum Gasteiger partial charge on any atom is 0.387 e. The molecule has 0 radical (unpaired) electrons. The molecule has 112 valence electrons. The Hall–Kier alpha value is -2.37. The monoisotopic (exact) mass is 293 g/mol. The van der Waals surface area contributed by atoms with E-state index in [4.69, 9.17) is 5.73 Å². The van der Waals surface area contributed by atoms with Crippen LogP contribution in [0, 0.1) is 0 Å². The Balaban J connectivity index is 2.35. The van der Waals surface area contributed by atoms with E-state index in [9.17, 15) is 8.78 Å². The van der Waals surface area contributed by atoms with Crippen molar-refractivity contribution >= 4 is 5.82 Å². The smallest absolute Gasteiger partial charge is 0.387 e. The average Bonchev–Trinajstić information content (AvgIpc) is 2.77. The van der Waals surface area contributed by atoms with Crippen LogP contribution >= 0.6 is 0 Å². The van der Waals surface area contributed by atoms with Gasteiger partial charge in [0.05, 0.1) is 0 Å². The van der Waals surface area contributed by atoms with E-state index in [2.05, 4.69) is 16.3 Å². The maximum absolute atomic E-state index is 12.1. The van der Waals surface area contributed by atoms with Crippen molar-refractivity contribution < 1.29 is 13.5 Å². The Morgan fingerprint density at radius 1 is 1.38 bits per heavy atom. The molecule has 0 unspecified atom stereocenters. The first-order chi connectivity index (χ1) is 10.1. The third-order valence-electron chi connectivity index (χ3n) is 3.07. The minimum atomic E-state index is -2.83. The summed E-state index contributed by atoms with van der Waals surface area (Å²) in [6, 6.07) is 6.26. The van der Waals surface area contributed by atoms with Gasteiger partial charge in [0.1, 0.15) is 23.1 Å². The van der Waals surface area contributed by atoms with E-state index in [-0.39, 0.29) is 5.75 Å². The summed E-state index contributed by atoms with van der Waals surface area (Å²) in [6.45, 7) is 3.44. The number of nitrogens with zero attached hydrogens (tertiary/aromatic N) is 2. The number of nitrogen functional groups attached to an aromatic ring is 1. The van der Waals surface area contributed by atoms with Gasteiger partial charge in [-0.3, -0.25) is 0 Å². The molecule has 0 bridgehead atoms. The largest absolute Gasteiger partial charge is 0.435 e. The Bertz CT molecular complexity index is 621. The van der Waals surface area contributed by atoms with E-state index < -0.39 is 6.61 Å². The van der Waals surface area contributed by atoms with Crippen LogP contribution in [0.2, 0.25) is 0 Å². The van der Waals surface area contributed by atoms with Crippen LogP contribution in [0.3, 0.4) is 0 Å². The SMILES string of the molecule is C=CCn1c(CC)nc(-c2ccc(OC(F)F)cc2)c1N. The van der Waals surface area contributed by atoms with Gasteiger partial charge in [0.25, 0.3) is 0 Å². The summed E-state index contributed by atoms with van der Waals surface area (Å²) in [7, 11) is 0. The average molecular weight is 293 g/mol. The second-order valence-corrected chi connectivity index (χ2v) is 4.42. The number of aryl methyl sites for hydroxylation is 1. The highest BCUT2D eigenvalue weighted by atomic mass is 19.3. The molecule has 0 amide bonds. The fourth-order valence-corrected chi connectivity index (χ4v) is 2.12. The zero-order chi connectivity index (χ0) is 15.4. The molecule has 0 aliphatic rings. The number of anilines is 1. The summed E-state index contributed by atoms with van der Waals surface area (Å²) >= 11 is 0. The highest BCUT2D eigenvalue weighted by molar-refractivity contribution is 5.71. The minimum Gasteiger partial charge on any atom is -0.435 e. The zero-order valence-electron chi connectivity index (χ0n) is 11.7. The van der Waals surface area contributed by atoms with Gasteiger partial charge < -0.3 is 15.0 Å². The van der Waals surface area contributed by atoms with Crippen LogP contribution in [0.4, 0.5) is 14.6 Å². The van der Waals surface area contributed by atoms with Gasteiger partial charge in [0.15, 0.2) is 0 Å². The zero-order valence-corrected chi connectivity index (χ0v) is 11.7. The molecule has 0 saturated carbocycles. The van der Waals surface area contributed by atoms with Crippen LogP contribution < -0.4 is 10.5 Å². The summed E-state index contributed by atoms with van der Waals surface area (Å²) in [5, 5.41) is 0. The molecule has 6 heteroatoms. The summed E-state index contributed by atoms with van der Waals surface area (Å²) in [5.41, 5.74) is 7.51. The number of aromatic nitrogens is 2. The Kier molecular flexibility index (Phi) is 4.57. The molecule has 2 rings (SSSR count). The van der Waals surface area contributed by atoms with E-state index in [1.165, 1.54) is 12.1 Å². The topological polar surface area (TPSA) is 53.1 Å². The van der Waals surface area contributed by atoms with Gasteiger partial charge in [-0.05, 0) is 24.3 Å². The van der Waals surface area contributed by atoms with Crippen molar-refractivity contribution in [1.29, 1.82) is 0 Å². The van der Waals surface area contributed by atoms with Crippen LogP contribution in [0.15, 0.2) is 36.9 Å². The lowest BCUT2D eigenvalue weighted by molar-refractivity contribution is -0.0498. The number of rotatable bonds is 6. The van der Waals surface area contributed by atoms with Gasteiger partial charge >= 0.3 is 6.61 Å². The molecular weight excluding hydrogens is 276 g/mol. The van der Waals surface area contributed by atoms with Crippen molar-refractivity contribution in [2.75, 3.05) is 5.73 Å². The van der Waals surface area contributed by atoms with Crippen LogP contribution in [0.25, 0.3) is 11.3 Å². The molecule has 2 N–H and O–H groups in total. The third-order valence-corrected chi connectivity index (χ3v) is 3.07. The molecule has 0 spiro atoms. The Morgan fingerprint density at radius 3 is 2.57 bits per heavy atom. The van der Waals surface area contributed by atoms with Gasteiger partial charge in [-0.2, -0.15) is 8.78 Å². The van der Waals surface area contributed by atoms with Crippen LogP contribution in [0.5, 0.6) is 5.75 Å². The first-order valence-electron chi connectivity index (χ1n) is 6.57. The molecule has 21 heavy (non-hydrogen) atoms. The molecule has 0 aliphatic carbocycles. The molecular formula is C15H17F2N3O. The standard InChI is InChI=1S/C15H17F2N3O/c1-3-9-20-12(4-2)19-13(14(20)18)10-5-7-11(8-6-10)21-15(16)17/h3,5-8,15H,1,4,9,18H2,2H3. The van der Waals surface area contributed by atoms with Crippen molar-refractivity contribution in [3.63, 3.8) is 0 Å². The first kappa shape index (κ1) is 15.0. The number of benzene rings is 1. The van der Waals surface area contributed by atoms with Crippen molar-refractivity contribution in [3.05, 3.63) is 42.7 Å². The minimum absolute atomic E-state index is 0.105. The molecule has 0 fully saturated rings. The normalized spacial score (nSPS) is 10.9. The quantitative estimate of drug-likeness (QED) is 0.830. The number of allylic oxidation sites excluding steroid dienone is 1. The van der Waals surface area contributed by atoms with Crippen molar-refractivity contribution in [1.82, 2.24) is 9.55 Å². The van der Waals surface area contributed by atoms with Crippen molar-refractivity contribution in [2.45, 2.75) is 26.5 Å². The van der Waals surface area contributed by atoms with E-state index in [0.717, 1.165) is 17.8 Å². The van der Waals surface area contributed by atoms with Crippen molar-refractivity contribution in [3.8, 4) is 17.0 Å². The molecule has 1 heterocycles. The van der Waals surface area contributed by atoms with Crippen LogP contribution in [0.1, 0.15) is 12.7 Å². The van der Waals surface area contributed by atoms with Gasteiger partial charge in [0, 0.05) is 18.5 Å². The fraction of sp³-hybridized carbons (Fsp3) is 0.267. The van der Waals surface area contributed by atoms with Crippen molar-refractivity contribution in [2.24, 2.45) is 0 Å². The highest BCUT2D eigenvalue weighted by Gasteiger charge is 2.14. The predicted molar refractivity (Wildman–Crippen MR) is 78.3 cm³/mol. The first-order valence-corrected chi connectivity index (χ1v) is 6.57. The van der Waals surface area contributed by atoms with Crippen LogP contribution in [-0.2, 0) is 13.0 Å². The van der Waals surface area contributed by atoms with Gasteiger partial charge in [-0.25, -0.2) is 4.98 Å². The van der Waals surface area contributed by atoms with Gasteiger partial charge in [-0.1, -0.05) is 13.0 Å². The number of hydrogen-bond donors (Lipinski definition) is 1. The lowest BCUT2D eigenvalue weighted by atomic mass is 10.1. The van der Waals surface area contributed by atoms with Gasteiger partial charge in [0.2, 0.25) is 0 Å². The van der Waals surface area contributed by atoms with E-state index in [0.29, 0.717) is 18.1 Å². The summed E-state index contributed by atoms with van der Waals surface area (Å²) in [5.74, 6) is 1.50. The number of hydrogen-bond acceptors (Lipinski definition) is 3. The molecule has 4 nitrogen and oxygen atoms in total. The van der Waals surface area contributed by atoms with E-state index >= 15 is 0 Å². The Labute approximate surface area is 121 Å². The summed E-state index contributed by atoms with van der Waals surface area (Å²) in [6.07, 6.45) is 2.49. The summed E-state index contributed by atoms with van der Waals surface area (Å²) in [4.78, 5) is 4.51. The maximum atomic E-state index is 12.1. The predicted octanol–water partition coefficient (Wildman–Crippen LogP) is 3.48.